The number of rotatable bonds is 7. The van der Waals surface area contributed by atoms with Gasteiger partial charge in [0, 0.05) is 16.0 Å². The van der Waals surface area contributed by atoms with Crippen LogP contribution in [-0.4, -0.2) is 25.1 Å². The minimum absolute atomic E-state index is 0.129. The van der Waals surface area contributed by atoms with E-state index in [0.717, 1.165) is 16.7 Å². The number of hydrogen-bond acceptors (Lipinski definition) is 5. The maximum Gasteiger partial charge on any atom is 0.341 e. The summed E-state index contributed by atoms with van der Waals surface area (Å²) in [5.41, 5.74) is 3.84. The Morgan fingerprint density at radius 3 is 2.42 bits per heavy atom. The standard InChI is InChI=1S/C26H28ClNO4S/c1-6-31-25(30)23-19(17-8-10-18(27)11-9-17)15-33-24(23)28-22(29)14-32-21-12-7-16(2)13-20(21)26(3,4)5/h7-13,15H,6,14H2,1-5H3,(H,28,29). The van der Waals surface area contributed by atoms with Crippen LogP contribution in [0, 0.1) is 6.92 Å². The highest BCUT2D eigenvalue weighted by molar-refractivity contribution is 7.15. The van der Waals surface area contributed by atoms with Crippen LogP contribution in [0.3, 0.4) is 0 Å². The molecule has 0 aliphatic carbocycles. The molecule has 0 fully saturated rings. The van der Waals surface area contributed by atoms with E-state index in [9.17, 15) is 9.59 Å². The zero-order valence-corrected chi connectivity index (χ0v) is 21.0. The van der Waals surface area contributed by atoms with Gasteiger partial charge in [-0.05, 0) is 48.6 Å². The van der Waals surface area contributed by atoms with Gasteiger partial charge < -0.3 is 14.8 Å². The van der Waals surface area contributed by atoms with Crippen molar-refractivity contribution >= 4 is 39.8 Å². The third kappa shape index (κ3) is 6.15. The van der Waals surface area contributed by atoms with Crippen LogP contribution in [0.25, 0.3) is 11.1 Å². The molecule has 1 aromatic heterocycles. The zero-order chi connectivity index (χ0) is 24.2. The maximum absolute atomic E-state index is 12.7. The lowest BCUT2D eigenvalue weighted by atomic mass is 9.85. The monoisotopic (exact) mass is 485 g/mol. The minimum atomic E-state index is -0.492. The van der Waals surface area contributed by atoms with Gasteiger partial charge in [-0.1, -0.05) is 62.2 Å². The molecule has 0 saturated heterocycles. The Morgan fingerprint density at radius 2 is 1.79 bits per heavy atom. The largest absolute Gasteiger partial charge is 0.483 e. The SMILES string of the molecule is CCOC(=O)c1c(-c2ccc(Cl)cc2)csc1NC(=O)COc1ccc(C)cc1C(C)(C)C. The molecule has 1 amide bonds. The van der Waals surface area contributed by atoms with Crippen LogP contribution in [-0.2, 0) is 14.9 Å². The number of aryl methyl sites for hydroxylation is 1. The van der Waals surface area contributed by atoms with E-state index in [0.29, 0.717) is 26.9 Å². The van der Waals surface area contributed by atoms with Gasteiger partial charge in [0.15, 0.2) is 6.61 Å². The molecular weight excluding hydrogens is 458 g/mol. The second-order valence-electron chi connectivity index (χ2n) is 8.67. The molecule has 0 radical (unpaired) electrons. The topological polar surface area (TPSA) is 64.6 Å². The van der Waals surface area contributed by atoms with Gasteiger partial charge in [0.1, 0.15) is 16.3 Å². The molecule has 0 unspecified atom stereocenters. The summed E-state index contributed by atoms with van der Waals surface area (Å²) in [6.45, 7) is 10.1. The summed E-state index contributed by atoms with van der Waals surface area (Å²) in [6.07, 6.45) is 0. The predicted molar refractivity (Wildman–Crippen MR) is 135 cm³/mol. The van der Waals surface area contributed by atoms with Crippen molar-refractivity contribution in [2.24, 2.45) is 0 Å². The number of amides is 1. The molecule has 0 spiro atoms. The molecule has 5 nitrogen and oxygen atoms in total. The van der Waals surface area contributed by atoms with Crippen LogP contribution in [0.2, 0.25) is 5.02 Å². The van der Waals surface area contributed by atoms with Crippen molar-refractivity contribution in [2.45, 2.75) is 40.0 Å². The lowest BCUT2D eigenvalue weighted by Crippen LogP contribution is -2.22. The number of carbonyl (C=O) groups excluding carboxylic acids is 2. The molecule has 2 aromatic carbocycles. The Kier molecular flexibility index (Phi) is 7.82. The Morgan fingerprint density at radius 1 is 1.09 bits per heavy atom. The summed E-state index contributed by atoms with van der Waals surface area (Å²) in [4.78, 5) is 25.4. The third-order valence-electron chi connectivity index (χ3n) is 4.98. The third-order valence-corrected chi connectivity index (χ3v) is 6.13. The fourth-order valence-electron chi connectivity index (χ4n) is 3.36. The quantitative estimate of drug-likeness (QED) is 0.371. The summed E-state index contributed by atoms with van der Waals surface area (Å²) in [7, 11) is 0. The van der Waals surface area contributed by atoms with Gasteiger partial charge in [0.05, 0.1) is 6.61 Å². The Hall–Kier alpha value is -2.83. The van der Waals surface area contributed by atoms with Crippen molar-refractivity contribution in [3.8, 4) is 16.9 Å². The lowest BCUT2D eigenvalue weighted by Gasteiger charge is -2.23. The first-order chi connectivity index (χ1) is 15.6. The second-order valence-corrected chi connectivity index (χ2v) is 9.98. The van der Waals surface area contributed by atoms with E-state index in [1.165, 1.54) is 11.3 Å². The van der Waals surface area contributed by atoms with Crippen molar-refractivity contribution in [3.63, 3.8) is 0 Å². The molecule has 174 valence electrons. The maximum atomic E-state index is 12.7. The highest BCUT2D eigenvalue weighted by Crippen LogP contribution is 2.37. The number of carbonyl (C=O) groups is 2. The summed E-state index contributed by atoms with van der Waals surface area (Å²) < 4.78 is 11.1. The first-order valence-electron chi connectivity index (χ1n) is 10.7. The van der Waals surface area contributed by atoms with Gasteiger partial charge in [0.25, 0.3) is 5.91 Å². The van der Waals surface area contributed by atoms with Crippen LogP contribution < -0.4 is 10.1 Å². The molecule has 3 rings (SSSR count). The van der Waals surface area contributed by atoms with Crippen LogP contribution in [0.4, 0.5) is 5.00 Å². The molecule has 0 aliphatic rings. The predicted octanol–water partition coefficient (Wildman–Crippen LogP) is 6.87. The number of anilines is 1. The molecule has 7 heteroatoms. The Balaban J connectivity index is 1.81. The summed E-state index contributed by atoms with van der Waals surface area (Å²) in [5.74, 6) is -0.180. The van der Waals surface area contributed by atoms with E-state index in [1.807, 2.05) is 36.6 Å². The van der Waals surface area contributed by atoms with Gasteiger partial charge in [0.2, 0.25) is 0 Å². The van der Waals surface area contributed by atoms with Crippen molar-refractivity contribution in [1.29, 1.82) is 0 Å². The van der Waals surface area contributed by atoms with E-state index in [4.69, 9.17) is 21.1 Å². The first-order valence-corrected chi connectivity index (χ1v) is 11.9. The fourth-order valence-corrected chi connectivity index (χ4v) is 4.46. The molecule has 0 bridgehead atoms. The molecule has 1 N–H and O–H groups in total. The normalized spacial score (nSPS) is 11.2. The number of halogens is 1. The van der Waals surface area contributed by atoms with Gasteiger partial charge in [-0.25, -0.2) is 4.79 Å². The molecule has 0 aliphatic heterocycles. The van der Waals surface area contributed by atoms with E-state index in [2.05, 4.69) is 32.2 Å². The molecule has 0 saturated carbocycles. The number of esters is 1. The average molecular weight is 486 g/mol. The summed E-state index contributed by atoms with van der Waals surface area (Å²) >= 11 is 7.27. The number of hydrogen-bond donors (Lipinski definition) is 1. The molecular formula is C26H28ClNO4S. The van der Waals surface area contributed by atoms with Gasteiger partial charge in [-0.15, -0.1) is 11.3 Å². The highest BCUT2D eigenvalue weighted by atomic mass is 35.5. The second kappa shape index (κ2) is 10.4. The zero-order valence-electron chi connectivity index (χ0n) is 19.5. The molecule has 3 aromatic rings. The number of benzene rings is 2. The van der Waals surface area contributed by atoms with Crippen LogP contribution in [0.15, 0.2) is 47.8 Å². The summed E-state index contributed by atoms with van der Waals surface area (Å²) in [5, 5.41) is 5.67. The van der Waals surface area contributed by atoms with E-state index >= 15 is 0 Å². The van der Waals surface area contributed by atoms with Crippen molar-refractivity contribution in [1.82, 2.24) is 0 Å². The van der Waals surface area contributed by atoms with Crippen molar-refractivity contribution in [2.75, 3.05) is 18.5 Å². The van der Waals surface area contributed by atoms with E-state index in [-0.39, 0.29) is 24.5 Å². The average Bonchev–Trinajstić information content (AvgIpc) is 3.16. The van der Waals surface area contributed by atoms with Gasteiger partial charge in [-0.2, -0.15) is 0 Å². The number of thiophene rings is 1. The Labute approximate surface area is 203 Å². The highest BCUT2D eigenvalue weighted by Gasteiger charge is 2.24. The molecule has 0 atom stereocenters. The summed E-state index contributed by atoms with van der Waals surface area (Å²) in [6, 6.07) is 13.1. The van der Waals surface area contributed by atoms with Crippen molar-refractivity contribution < 1.29 is 19.1 Å². The molecule has 33 heavy (non-hydrogen) atoms. The number of nitrogens with one attached hydrogen (secondary N) is 1. The van der Waals surface area contributed by atoms with Crippen LogP contribution >= 0.6 is 22.9 Å². The minimum Gasteiger partial charge on any atom is -0.483 e. The lowest BCUT2D eigenvalue weighted by molar-refractivity contribution is -0.118. The number of ether oxygens (including phenoxy) is 2. The van der Waals surface area contributed by atoms with E-state index < -0.39 is 5.97 Å². The fraction of sp³-hybridized carbons (Fsp3) is 0.308. The molecule has 1 heterocycles. The van der Waals surface area contributed by atoms with Crippen molar-refractivity contribution in [3.05, 3.63) is 69.6 Å². The Bertz CT molecular complexity index is 1150. The van der Waals surface area contributed by atoms with Gasteiger partial charge in [-0.3, -0.25) is 4.79 Å². The van der Waals surface area contributed by atoms with E-state index in [1.54, 1.807) is 19.1 Å². The van der Waals surface area contributed by atoms with Gasteiger partial charge >= 0.3 is 5.97 Å². The first kappa shape index (κ1) is 24.8. The van der Waals surface area contributed by atoms with Crippen LogP contribution in [0.1, 0.15) is 49.2 Å². The van der Waals surface area contributed by atoms with Crippen LogP contribution in [0.5, 0.6) is 5.75 Å². The smallest absolute Gasteiger partial charge is 0.341 e.